The quantitative estimate of drug-likeness (QED) is 0.339. The summed E-state index contributed by atoms with van der Waals surface area (Å²) < 4.78 is 6.34. The van der Waals surface area contributed by atoms with Gasteiger partial charge < -0.3 is 25.6 Å². The first-order valence-corrected chi connectivity index (χ1v) is 13.7. The summed E-state index contributed by atoms with van der Waals surface area (Å²) in [6.45, 7) is 4.94. The summed E-state index contributed by atoms with van der Waals surface area (Å²) in [7, 11) is 2.12. The van der Waals surface area contributed by atoms with E-state index in [4.69, 9.17) is 27.1 Å². The van der Waals surface area contributed by atoms with Crippen molar-refractivity contribution in [2.75, 3.05) is 50.4 Å². The summed E-state index contributed by atoms with van der Waals surface area (Å²) in [4.78, 5) is 9.69. The number of pyridine rings is 1. The molecule has 2 aliphatic heterocycles. The average molecular weight is 550 g/mol. The lowest BCUT2D eigenvalue weighted by Gasteiger charge is -2.32. The van der Waals surface area contributed by atoms with E-state index in [2.05, 4.69) is 46.4 Å². The van der Waals surface area contributed by atoms with Crippen molar-refractivity contribution in [2.24, 2.45) is 0 Å². The maximum atomic E-state index is 10.6. The zero-order valence-corrected chi connectivity index (χ0v) is 22.9. The predicted molar refractivity (Wildman–Crippen MR) is 158 cm³/mol. The summed E-state index contributed by atoms with van der Waals surface area (Å²) in [6.07, 6.45) is 0.873. The van der Waals surface area contributed by atoms with Crippen LogP contribution in [0.5, 0.6) is 11.5 Å². The van der Waals surface area contributed by atoms with E-state index in [9.17, 15) is 10.5 Å². The minimum absolute atomic E-state index is 0.168. The average Bonchev–Trinajstić information content (AvgIpc) is 2.98. The number of likely N-dealkylation sites (N-methyl/N-ethyl adjacent to an activating group) is 1. The summed E-state index contributed by atoms with van der Waals surface area (Å²) >= 11 is 6.49. The number of halogens is 1. The SMILES string of the molecule is CN1CCc2c(cccc2-c2nc3c(Oc4c(Cl)ccc(N)c4C#N)cccc3c(N3CCNCC3)c2C#N)C1. The van der Waals surface area contributed by atoms with E-state index in [0.29, 0.717) is 22.5 Å². The minimum atomic E-state index is 0.168. The molecule has 0 saturated carbocycles. The summed E-state index contributed by atoms with van der Waals surface area (Å²) in [5, 5.41) is 24.9. The number of hydrogen-bond acceptors (Lipinski definition) is 8. The van der Waals surface area contributed by atoms with Crippen LogP contribution in [0, 0.1) is 22.7 Å². The lowest BCUT2D eigenvalue weighted by atomic mass is 9.90. The van der Waals surface area contributed by atoms with Gasteiger partial charge in [-0.05, 0) is 42.8 Å². The maximum Gasteiger partial charge on any atom is 0.165 e. The Morgan fingerprint density at radius 1 is 1.00 bits per heavy atom. The Morgan fingerprint density at radius 3 is 2.55 bits per heavy atom. The number of nitrogen functional groups attached to an aromatic ring is 1. The Bertz CT molecular complexity index is 1720. The molecule has 3 heterocycles. The molecule has 0 unspecified atom stereocenters. The molecule has 0 aliphatic carbocycles. The number of rotatable bonds is 4. The van der Waals surface area contributed by atoms with Gasteiger partial charge in [-0.1, -0.05) is 41.9 Å². The van der Waals surface area contributed by atoms with Crippen LogP contribution >= 0.6 is 11.6 Å². The van der Waals surface area contributed by atoms with Crippen molar-refractivity contribution in [2.45, 2.75) is 13.0 Å². The molecule has 8 nitrogen and oxygen atoms in total. The number of fused-ring (bicyclic) bond motifs is 2. The largest absolute Gasteiger partial charge is 0.452 e. The van der Waals surface area contributed by atoms with Gasteiger partial charge in [-0.15, -0.1) is 0 Å². The topological polar surface area (TPSA) is 114 Å². The standard InChI is InChI=1S/C31H28ClN7O/c1-38-13-10-20-19(18-38)4-2-5-21(20)28-24(17-34)30(39-14-11-36-12-15-39)22-6-3-7-27(29(22)37-28)40-31-23(16-33)26(35)9-8-25(31)32/h2-9,36H,10-15,18,35H2,1H3. The van der Waals surface area contributed by atoms with Crippen molar-refractivity contribution in [3.05, 3.63) is 75.8 Å². The minimum Gasteiger partial charge on any atom is -0.452 e. The van der Waals surface area contributed by atoms with Crippen LogP contribution in [-0.4, -0.2) is 49.7 Å². The molecule has 0 atom stereocenters. The number of anilines is 2. The summed E-state index contributed by atoms with van der Waals surface area (Å²) in [5.74, 6) is 0.626. The second kappa shape index (κ2) is 10.7. The lowest BCUT2D eigenvalue weighted by molar-refractivity contribution is 0.313. The van der Waals surface area contributed by atoms with Crippen LogP contribution in [0.3, 0.4) is 0 Å². The number of ether oxygens (including phenoxy) is 1. The first kappa shape index (κ1) is 25.9. The third-order valence-corrected chi connectivity index (χ3v) is 7.97. The van der Waals surface area contributed by atoms with Gasteiger partial charge in [0.1, 0.15) is 28.8 Å². The first-order valence-electron chi connectivity index (χ1n) is 13.3. The third kappa shape index (κ3) is 4.47. The van der Waals surface area contributed by atoms with E-state index in [1.807, 2.05) is 24.3 Å². The van der Waals surface area contributed by atoms with Crippen LogP contribution in [0.2, 0.25) is 5.02 Å². The number of hydrogen-bond donors (Lipinski definition) is 2. The molecule has 2 aliphatic rings. The monoisotopic (exact) mass is 549 g/mol. The second-order valence-electron chi connectivity index (χ2n) is 10.2. The van der Waals surface area contributed by atoms with Crippen molar-refractivity contribution < 1.29 is 4.74 Å². The highest BCUT2D eigenvalue weighted by molar-refractivity contribution is 6.32. The van der Waals surface area contributed by atoms with E-state index < -0.39 is 0 Å². The molecule has 40 heavy (non-hydrogen) atoms. The van der Waals surface area contributed by atoms with Gasteiger partial charge in [-0.25, -0.2) is 4.98 Å². The Kier molecular flexibility index (Phi) is 6.91. The Balaban J connectivity index is 1.63. The molecule has 6 rings (SSSR count). The molecule has 1 saturated heterocycles. The lowest BCUT2D eigenvalue weighted by Crippen LogP contribution is -2.44. The molecule has 9 heteroatoms. The van der Waals surface area contributed by atoms with E-state index >= 15 is 0 Å². The highest BCUT2D eigenvalue weighted by Crippen LogP contribution is 2.43. The van der Waals surface area contributed by atoms with Crippen LogP contribution in [0.25, 0.3) is 22.2 Å². The van der Waals surface area contributed by atoms with E-state index in [0.717, 1.165) is 62.3 Å². The number of benzene rings is 3. The molecular weight excluding hydrogens is 522 g/mol. The van der Waals surface area contributed by atoms with Gasteiger partial charge in [0.2, 0.25) is 0 Å². The van der Waals surface area contributed by atoms with Crippen molar-refractivity contribution in [3.63, 3.8) is 0 Å². The van der Waals surface area contributed by atoms with Gasteiger partial charge in [0, 0.05) is 50.2 Å². The molecule has 0 radical (unpaired) electrons. The third-order valence-electron chi connectivity index (χ3n) is 7.67. The maximum absolute atomic E-state index is 10.6. The number of nitrogens with one attached hydrogen (secondary N) is 1. The van der Waals surface area contributed by atoms with Gasteiger partial charge in [-0.2, -0.15) is 10.5 Å². The van der Waals surface area contributed by atoms with Crippen LogP contribution < -0.4 is 20.7 Å². The number of aromatic nitrogens is 1. The Morgan fingerprint density at radius 2 is 1.77 bits per heavy atom. The Labute approximate surface area is 238 Å². The molecule has 3 aromatic carbocycles. The molecule has 1 aromatic heterocycles. The molecule has 200 valence electrons. The molecule has 3 N–H and O–H groups in total. The number of nitrogens with two attached hydrogens (primary N) is 1. The highest BCUT2D eigenvalue weighted by Gasteiger charge is 2.27. The van der Waals surface area contributed by atoms with Gasteiger partial charge >= 0.3 is 0 Å². The van der Waals surface area contributed by atoms with Crippen LogP contribution in [0.1, 0.15) is 22.3 Å². The highest BCUT2D eigenvalue weighted by atomic mass is 35.5. The molecule has 1 fully saturated rings. The van der Waals surface area contributed by atoms with Gasteiger partial charge in [0.15, 0.2) is 11.5 Å². The second-order valence-corrected chi connectivity index (χ2v) is 10.6. The van der Waals surface area contributed by atoms with E-state index in [1.54, 1.807) is 12.1 Å². The molecule has 0 bridgehead atoms. The summed E-state index contributed by atoms with van der Waals surface area (Å²) in [6, 6.07) is 19.7. The number of piperazine rings is 1. The van der Waals surface area contributed by atoms with Gasteiger partial charge in [0.05, 0.1) is 22.1 Å². The fourth-order valence-corrected chi connectivity index (χ4v) is 5.91. The molecule has 0 amide bonds. The summed E-state index contributed by atoms with van der Waals surface area (Å²) in [5.41, 5.74) is 12.6. The molecule has 0 spiro atoms. The van der Waals surface area contributed by atoms with Crippen molar-refractivity contribution in [3.8, 4) is 34.9 Å². The predicted octanol–water partition coefficient (Wildman–Crippen LogP) is 5.07. The van der Waals surface area contributed by atoms with E-state index in [1.165, 1.54) is 11.1 Å². The normalized spacial score (nSPS) is 15.3. The van der Waals surface area contributed by atoms with Crippen LogP contribution in [-0.2, 0) is 13.0 Å². The fourth-order valence-electron chi connectivity index (χ4n) is 5.71. The van der Waals surface area contributed by atoms with Crippen molar-refractivity contribution in [1.29, 1.82) is 10.5 Å². The zero-order valence-electron chi connectivity index (χ0n) is 22.2. The Hall–Kier alpha value is -4.34. The molecule has 4 aromatic rings. The van der Waals surface area contributed by atoms with Crippen LogP contribution in [0.4, 0.5) is 11.4 Å². The van der Waals surface area contributed by atoms with Gasteiger partial charge in [0.25, 0.3) is 0 Å². The smallest absolute Gasteiger partial charge is 0.165 e. The first-order chi connectivity index (χ1) is 19.5. The van der Waals surface area contributed by atoms with E-state index in [-0.39, 0.29) is 22.0 Å². The fraction of sp³-hybridized carbons (Fsp3) is 0.258. The number of nitrogens with zero attached hydrogens (tertiary/aromatic N) is 5. The van der Waals surface area contributed by atoms with Crippen molar-refractivity contribution in [1.82, 2.24) is 15.2 Å². The zero-order chi connectivity index (χ0) is 27.8. The number of nitriles is 2. The number of para-hydroxylation sites is 1. The van der Waals surface area contributed by atoms with Crippen LogP contribution in [0.15, 0.2) is 48.5 Å². The van der Waals surface area contributed by atoms with Crippen molar-refractivity contribution >= 4 is 33.9 Å². The van der Waals surface area contributed by atoms with Gasteiger partial charge in [-0.3, -0.25) is 0 Å². The molecular formula is C31H28ClN7O.